The Labute approximate surface area is 103 Å². The van der Waals surface area contributed by atoms with E-state index in [0.717, 1.165) is 24.6 Å². The summed E-state index contributed by atoms with van der Waals surface area (Å²) in [6.45, 7) is 5.29. The highest BCUT2D eigenvalue weighted by Crippen LogP contribution is 2.46. The maximum Gasteiger partial charge on any atom is 0.230 e. The van der Waals surface area contributed by atoms with Crippen molar-refractivity contribution >= 4 is 0 Å². The Bertz CT molecular complexity index is 359. The molecule has 2 N–H and O–H groups in total. The van der Waals surface area contributed by atoms with Gasteiger partial charge in [-0.25, -0.2) is 0 Å². The summed E-state index contributed by atoms with van der Waals surface area (Å²) in [6.07, 6.45) is 6.76. The van der Waals surface area contributed by atoms with Gasteiger partial charge in [-0.1, -0.05) is 31.8 Å². The van der Waals surface area contributed by atoms with Crippen molar-refractivity contribution in [1.82, 2.24) is 10.1 Å². The van der Waals surface area contributed by atoms with Gasteiger partial charge in [0.15, 0.2) is 5.82 Å². The van der Waals surface area contributed by atoms with Gasteiger partial charge in [0.05, 0.1) is 0 Å². The lowest BCUT2D eigenvalue weighted by Gasteiger charge is -2.36. The fourth-order valence-corrected chi connectivity index (χ4v) is 2.72. The molecule has 0 saturated heterocycles. The van der Waals surface area contributed by atoms with Crippen molar-refractivity contribution in [1.29, 1.82) is 0 Å². The third-order valence-electron chi connectivity index (χ3n) is 3.89. The molecule has 0 aromatic carbocycles. The smallest absolute Gasteiger partial charge is 0.230 e. The van der Waals surface area contributed by atoms with E-state index in [0.29, 0.717) is 12.5 Å². The molecule has 0 radical (unpaired) electrons. The molecule has 1 unspecified atom stereocenters. The summed E-state index contributed by atoms with van der Waals surface area (Å²) in [5, 5.41) is 4.05. The Morgan fingerprint density at radius 3 is 2.94 bits per heavy atom. The van der Waals surface area contributed by atoms with Crippen LogP contribution in [0.15, 0.2) is 4.52 Å². The molecule has 0 spiro atoms. The number of rotatable bonds is 4. The van der Waals surface area contributed by atoms with Gasteiger partial charge in [-0.15, -0.1) is 0 Å². The molecule has 2 rings (SSSR count). The average Bonchev–Trinajstić information content (AvgIpc) is 2.74. The topological polar surface area (TPSA) is 64.9 Å². The quantitative estimate of drug-likeness (QED) is 0.874. The van der Waals surface area contributed by atoms with Crippen molar-refractivity contribution in [3.63, 3.8) is 0 Å². The first-order valence-corrected chi connectivity index (χ1v) is 6.66. The molecule has 0 bridgehead atoms. The normalized spacial score (nSPS) is 23.8. The number of aryl methyl sites for hydroxylation is 1. The van der Waals surface area contributed by atoms with Crippen LogP contribution >= 0.6 is 0 Å². The highest BCUT2D eigenvalue weighted by Gasteiger charge is 2.36. The van der Waals surface area contributed by atoms with Crippen LogP contribution in [-0.4, -0.2) is 16.7 Å². The van der Waals surface area contributed by atoms with Crippen LogP contribution in [0.1, 0.15) is 63.6 Å². The molecule has 1 aliphatic rings. The van der Waals surface area contributed by atoms with Gasteiger partial charge in [0.2, 0.25) is 5.89 Å². The summed E-state index contributed by atoms with van der Waals surface area (Å²) in [7, 11) is 0. The summed E-state index contributed by atoms with van der Waals surface area (Å²) in [5.74, 6) is 2.07. The highest BCUT2D eigenvalue weighted by molar-refractivity contribution is 5.02. The van der Waals surface area contributed by atoms with Crippen LogP contribution in [0, 0.1) is 5.41 Å². The Morgan fingerprint density at radius 1 is 1.41 bits per heavy atom. The number of hydrogen-bond acceptors (Lipinski definition) is 4. The SMILES string of the molecule is CC1(C)CCCCC1c1nc(CCCN)no1. The van der Waals surface area contributed by atoms with E-state index in [4.69, 9.17) is 10.3 Å². The fraction of sp³-hybridized carbons (Fsp3) is 0.846. The Balaban J connectivity index is 2.07. The Hall–Kier alpha value is -0.900. The van der Waals surface area contributed by atoms with E-state index in [-0.39, 0.29) is 5.41 Å². The summed E-state index contributed by atoms with van der Waals surface area (Å²) < 4.78 is 5.43. The first-order chi connectivity index (χ1) is 8.13. The van der Waals surface area contributed by atoms with Crippen LogP contribution in [0.3, 0.4) is 0 Å². The van der Waals surface area contributed by atoms with Crippen LogP contribution in [0.5, 0.6) is 0 Å². The first-order valence-electron chi connectivity index (χ1n) is 6.66. The molecular formula is C13H23N3O. The average molecular weight is 237 g/mol. The zero-order valence-corrected chi connectivity index (χ0v) is 10.9. The maximum absolute atomic E-state index is 5.48. The molecule has 1 aromatic heterocycles. The van der Waals surface area contributed by atoms with E-state index < -0.39 is 0 Å². The third kappa shape index (κ3) is 2.86. The van der Waals surface area contributed by atoms with Gasteiger partial charge in [0.1, 0.15) is 0 Å². The lowest BCUT2D eigenvalue weighted by Crippen LogP contribution is -2.26. The first kappa shape index (κ1) is 12.6. The summed E-state index contributed by atoms with van der Waals surface area (Å²) >= 11 is 0. The van der Waals surface area contributed by atoms with Gasteiger partial charge in [0.25, 0.3) is 0 Å². The second-order valence-corrected chi connectivity index (χ2v) is 5.73. The van der Waals surface area contributed by atoms with Crippen LogP contribution in [0.4, 0.5) is 0 Å². The predicted octanol–water partition coefficient (Wildman–Crippen LogP) is 2.64. The number of nitrogens with two attached hydrogens (primary N) is 1. The predicted molar refractivity (Wildman–Crippen MR) is 66.7 cm³/mol. The van der Waals surface area contributed by atoms with Crippen molar-refractivity contribution in [2.75, 3.05) is 6.54 Å². The lowest BCUT2D eigenvalue weighted by molar-refractivity contribution is 0.164. The monoisotopic (exact) mass is 237 g/mol. The van der Waals surface area contributed by atoms with Crippen molar-refractivity contribution in [3.05, 3.63) is 11.7 Å². The van der Waals surface area contributed by atoms with Crippen LogP contribution in [-0.2, 0) is 6.42 Å². The third-order valence-corrected chi connectivity index (χ3v) is 3.89. The van der Waals surface area contributed by atoms with Gasteiger partial charge >= 0.3 is 0 Å². The van der Waals surface area contributed by atoms with Crippen LogP contribution < -0.4 is 5.73 Å². The molecule has 0 aliphatic heterocycles. The zero-order valence-electron chi connectivity index (χ0n) is 10.9. The molecule has 1 aromatic rings. The summed E-state index contributed by atoms with van der Waals surface area (Å²) in [4.78, 5) is 4.53. The second-order valence-electron chi connectivity index (χ2n) is 5.73. The number of hydrogen-bond donors (Lipinski definition) is 1. The molecule has 4 heteroatoms. The molecular weight excluding hydrogens is 214 g/mol. The zero-order chi connectivity index (χ0) is 12.3. The molecule has 0 amide bonds. The van der Waals surface area contributed by atoms with E-state index in [1.54, 1.807) is 0 Å². The van der Waals surface area contributed by atoms with Gasteiger partial charge in [-0.3, -0.25) is 0 Å². The van der Waals surface area contributed by atoms with Crippen molar-refractivity contribution in [3.8, 4) is 0 Å². The molecule has 1 aliphatic carbocycles. The number of nitrogens with zero attached hydrogens (tertiary/aromatic N) is 2. The molecule has 17 heavy (non-hydrogen) atoms. The largest absolute Gasteiger partial charge is 0.339 e. The van der Waals surface area contributed by atoms with Gasteiger partial charge in [-0.2, -0.15) is 4.98 Å². The lowest BCUT2D eigenvalue weighted by atomic mass is 9.69. The van der Waals surface area contributed by atoms with Crippen LogP contribution in [0.2, 0.25) is 0 Å². The Morgan fingerprint density at radius 2 is 2.24 bits per heavy atom. The van der Waals surface area contributed by atoms with Crippen molar-refractivity contribution in [2.45, 2.75) is 58.3 Å². The second kappa shape index (κ2) is 5.17. The van der Waals surface area contributed by atoms with Crippen molar-refractivity contribution in [2.24, 2.45) is 11.1 Å². The summed E-state index contributed by atoms with van der Waals surface area (Å²) in [6, 6.07) is 0. The molecule has 1 atom stereocenters. The van der Waals surface area contributed by atoms with E-state index in [1.165, 1.54) is 25.7 Å². The minimum Gasteiger partial charge on any atom is -0.339 e. The van der Waals surface area contributed by atoms with E-state index in [9.17, 15) is 0 Å². The molecule has 4 nitrogen and oxygen atoms in total. The van der Waals surface area contributed by atoms with E-state index in [2.05, 4.69) is 24.0 Å². The fourth-order valence-electron chi connectivity index (χ4n) is 2.72. The van der Waals surface area contributed by atoms with E-state index >= 15 is 0 Å². The number of aromatic nitrogens is 2. The standard InChI is InChI=1S/C13H23N3O/c1-13(2)8-4-3-6-10(13)12-15-11(16-17-12)7-5-9-14/h10H,3-9,14H2,1-2H3. The Kier molecular flexibility index (Phi) is 3.82. The van der Waals surface area contributed by atoms with Crippen LogP contribution in [0.25, 0.3) is 0 Å². The molecule has 96 valence electrons. The molecule has 1 fully saturated rings. The summed E-state index contributed by atoms with van der Waals surface area (Å²) in [5.41, 5.74) is 5.77. The van der Waals surface area contributed by atoms with Gasteiger partial charge < -0.3 is 10.3 Å². The molecule has 1 saturated carbocycles. The van der Waals surface area contributed by atoms with Gasteiger partial charge in [0, 0.05) is 12.3 Å². The minimum absolute atomic E-state index is 0.288. The maximum atomic E-state index is 5.48. The van der Waals surface area contributed by atoms with E-state index in [1.807, 2.05) is 0 Å². The molecule has 1 heterocycles. The minimum atomic E-state index is 0.288. The van der Waals surface area contributed by atoms with Gasteiger partial charge in [-0.05, 0) is 31.2 Å². The van der Waals surface area contributed by atoms with Crippen molar-refractivity contribution < 1.29 is 4.52 Å². The highest BCUT2D eigenvalue weighted by atomic mass is 16.5.